The van der Waals surface area contributed by atoms with E-state index in [0.29, 0.717) is 23.8 Å². The van der Waals surface area contributed by atoms with Crippen molar-refractivity contribution >= 4 is 11.7 Å². The van der Waals surface area contributed by atoms with Crippen LogP contribution < -0.4 is 11.1 Å². The molecule has 106 valence electrons. The average Bonchev–Trinajstić information content (AvgIpc) is 2.88. The Bertz CT molecular complexity index is 572. The summed E-state index contributed by atoms with van der Waals surface area (Å²) in [6, 6.07) is 9.30. The molecule has 0 saturated heterocycles. The Morgan fingerprint density at radius 3 is 2.60 bits per heavy atom. The molecule has 0 atom stereocenters. The van der Waals surface area contributed by atoms with Crippen LogP contribution in [0.4, 0.5) is 5.82 Å². The smallest absolute Gasteiger partial charge is 0.256 e. The molecule has 0 aliphatic heterocycles. The van der Waals surface area contributed by atoms with E-state index in [1.807, 2.05) is 18.2 Å². The van der Waals surface area contributed by atoms with Gasteiger partial charge in [0.2, 0.25) is 0 Å². The van der Waals surface area contributed by atoms with E-state index in [4.69, 9.17) is 5.73 Å². The number of benzene rings is 1. The number of aromatic amines is 1. The number of H-pyrrole nitrogens is 1. The molecule has 0 saturated carbocycles. The number of hydrogen-bond donors (Lipinski definition) is 3. The number of nitrogens with one attached hydrogen (secondary N) is 2. The van der Waals surface area contributed by atoms with Gasteiger partial charge in [0.25, 0.3) is 5.91 Å². The zero-order valence-electron chi connectivity index (χ0n) is 11.8. The highest BCUT2D eigenvalue weighted by Crippen LogP contribution is 2.15. The molecule has 0 spiro atoms. The first-order valence-electron chi connectivity index (χ1n) is 6.76. The minimum atomic E-state index is -0.161. The molecule has 1 aromatic carbocycles. The normalized spacial score (nSPS) is 10.8. The van der Waals surface area contributed by atoms with Gasteiger partial charge in [-0.15, -0.1) is 0 Å². The van der Waals surface area contributed by atoms with Crippen LogP contribution in [0.1, 0.15) is 41.4 Å². The summed E-state index contributed by atoms with van der Waals surface area (Å²) in [7, 11) is 0. The summed E-state index contributed by atoms with van der Waals surface area (Å²) in [6.07, 6.45) is 0.818. The van der Waals surface area contributed by atoms with E-state index in [0.717, 1.165) is 17.7 Å². The van der Waals surface area contributed by atoms with Crippen LogP contribution in [-0.2, 0) is 6.42 Å². The highest BCUT2D eigenvalue weighted by molar-refractivity contribution is 6.03. The average molecular weight is 272 g/mol. The Kier molecular flexibility index (Phi) is 4.53. The quantitative estimate of drug-likeness (QED) is 0.780. The number of amides is 1. The maximum Gasteiger partial charge on any atom is 0.256 e. The molecule has 5 nitrogen and oxygen atoms in total. The third-order valence-corrected chi connectivity index (χ3v) is 3.11. The molecule has 0 aliphatic carbocycles. The van der Waals surface area contributed by atoms with E-state index in [9.17, 15) is 4.79 Å². The van der Waals surface area contributed by atoms with E-state index >= 15 is 0 Å². The minimum Gasteiger partial charge on any atom is -0.330 e. The highest BCUT2D eigenvalue weighted by Gasteiger charge is 2.09. The molecule has 1 heterocycles. The molecular weight excluding hydrogens is 252 g/mol. The summed E-state index contributed by atoms with van der Waals surface area (Å²) < 4.78 is 0. The van der Waals surface area contributed by atoms with Crippen molar-refractivity contribution < 1.29 is 4.79 Å². The lowest BCUT2D eigenvalue weighted by atomic mass is 10.1. The van der Waals surface area contributed by atoms with Gasteiger partial charge in [0, 0.05) is 17.3 Å². The fourth-order valence-corrected chi connectivity index (χ4v) is 1.87. The lowest BCUT2D eigenvalue weighted by Gasteiger charge is -2.03. The molecule has 20 heavy (non-hydrogen) atoms. The van der Waals surface area contributed by atoms with Crippen LogP contribution in [0.25, 0.3) is 0 Å². The molecule has 2 aromatic rings. The third-order valence-electron chi connectivity index (χ3n) is 3.11. The van der Waals surface area contributed by atoms with Crippen LogP contribution >= 0.6 is 0 Å². The molecule has 4 N–H and O–H groups in total. The number of anilines is 1. The minimum absolute atomic E-state index is 0.161. The van der Waals surface area contributed by atoms with Gasteiger partial charge in [-0.2, -0.15) is 5.10 Å². The number of nitrogens with zero attached hydrogens (tertiary/aromatic N) is 1. The Morgan fingerprint density at radius 1 is 1.35 bits per heavy atom. The van der Waals surface area contributed by atoms with Gasteiger partial charge < -0.3 is 11.1 Å². The molecule has 0 bridgehead atoms. The van der Waals surface area contributed by atoms with Crippen LogP contribution in [0.15, 0.2) is 30.3 Å². The number of rotatable bonds is 5. The summed E-state index contributed by atoms with van der Waals surface area (Å²) in [5.41, 5.74) is 8.24. The fourth-order valence-electron chi connectivity index (χ4n) is 1.87. The van der Waals surface area contributed by atoms with Crippen LogP contribution in [-0.4, -0.2) is 22.6 Å². The van der Waals surface area contributed by atoms with Crippen LogP contribution in [0.3, 0.4) is 0 Å². The Balaban J connectivity index is 2.03. The number of hydrogen-bond acceptors (Lipinski definition) is 3. The second-order valence-electron chi connectivity index (χ2n) is 5.05. The molecular formula is C15H20N4O. The molecule has 0 radical (unpaired) electrons. The van der Waals surface area contributed by atoms with Gasteiger partial charge in [-0.25, -0.2) is 0 Å². The van der Waals surface area contributed by atoms with E-state index in [1.165, 1.54) is 0 Å². The Labute approximate surface area is 118 Å². The second kappa shape index (κ2) is 6.34. The molecule has 1 amide bonds. The predicted molar refractivity (Wildman–Crippen MR) is 79.8 cm³/mol. The van der Waals surface area contributed by atoms with Crippen molar-refractivity contribution in [3.63, 3.8) is 0 Å². The Hall–Kier alpha value is -2.14. The van der Waals surface area contributed by atoms with Crippen LogP contribution in [0.5, 0.6) is 0 Å². The van der Waals surface area contributed by atoms with Crippen molar-refractivity contribution in [2.45, 2.75) is 26.2 Å². The highest BCUT2D eigenvalue weighted by atomic mass is 16.1. The van der Waals surface area contributed by atoms with Crippen molar-refractivity contribution in [3.8, 4) is 0 Å². The zero-order chi connectivity index (χ0) is 14.5. The largest absolute Gasteiger partial charge is 0.330 e. The number of nitrogens with two attached hydrogens (primary N) is 1. The maximum absolute atomic E-state index is 12.1. The topological polar surface area (TPSA) is 83.8 Å². The predicted octanol–water partition coefficient (Wildman–Crippen LogP) is 2.29. The Morgan fingerprint density at radius 2 is 2.05 bits per heavy atom. The van der Waals surface area contributed by atoms with Gasteiger partial charge >= 0.3 is 0 Å². The lowest BCUT2D eigenvalue weighted by molar-refractivity contribution is 0.102. The second-order valence-corrected chi connectivity index (χ2v) is 5.05. The van der Waals surface area contributed by atoms with E-state index in [1.54, 1.807) is 12.1 Å². The third kappa shape index (κ3) is 3.45. The summed E-state index contributed by atoms with van der Waals surface area (Å²) in [6.45, 7) is 4.74. The van der Waals surface area contributed by atoms with Gasteiger partial charge in [0.1, 0.15) is 0 Å². The number of carbonyl (C=O) groups is 1. The monoisotopic (exact) mass is 272 g/mol. The maximum atomic E-state index is 12.1. The van der Waals surface area contributed by atoms with Gasteiger partial charge in [-0.1, -0.05) is 26.0 Å². The molecule has 0 fully saturated rings. The first-order valence-corrected chi connectivity index (χ1v) is 6.76. The number of carbonyl (C=O) groups excluding carboxylic acids is 1. The molecule has 0 unspecified atom stereocenters. The molecule has 0 aliphatic rings. The fraction of sp³-hybridized carbons (Fsp3) is 0.333. The first-order chi connectivity index (χ1) is 9.60. The lowest BCUT2D eigenvalue weighted by Crippen LogP contribution is -2.12. The zero-order valence-corrected chi connectivity index (χ0v) is 11.8. The van der Waals surface area contributed by atoms with Gasteiger partial charge in [0.15, 0.2) is 5.82 Å². The standard InChI is InChI=1S/C15H20N4O/c1-10(2)13-9-14(19-18-13)17-15(20)12-5-3-11(4-6-12)7-8-16/h3-6,9-10H,7-8,16H2,1-2H3,(H2,17,18,19,20). The molecule has 2 rings (SSSR count). The van der Waals surface area contributed by atoms with Crippen LogP contribution in [0.2, 0.25) is 0 Å². The molecule has 5 heteroatoms. The van der Waals surface area contributed by atoms with Crippen molar-refractivity contribution in [3.05, 3.63) is 47.2 Å². The summed E-state index contributed by atoms with van der Waals surface area (Å²) >= 11 is 0. The van der Waals surface area contributed by atoms with Crippen molar-refractivity contribution in [1.82, 2.24) is 10.2 Å². The van der Waals surface area contributed by atoms with Gasteiger partial charge in [0.05, 0.1) is 0 Å². The van der Waals surface area contributed by atoms with Crippen LogP contribution in [0, 0.1) is 0 Å². The summed E-state index contributed by atoms with van der Waals surface area (Å²) in [5.74, 6) is 0.736. The van der Waals surface area contributed by atoms with Gasteiger partial charge in [-0.3, -0.25) is 9.89 Å². The van der Waals surface area contributed by atoms with E-state index in [2.05, 4.69) is 29.4 Å². The van der Waals surface area contributed by atoms with Crippen molar-refractivity contribution in [1.29, 1.82) is 0 Å². The molecule has 1 aromatic heterocycles. The van der Waals surface area contributed by atoms with E-state index < -0.39 is 0 Å². The van der Waals surface area contributed by atoms with Gasteiger partial charge in [-0.05, 0) is 36.6 Å². The first kappa shape index (κ1) is 14.3. The van der Waals surface area contributed by atoms with Crippen molar-refractivity contribution in [2.75, 3.05) is 11.9 Å². The summed E-state index contributed by atoms with van der Waals surface area (Å²) in [5, 5.41) is 9.76. The summed E-state index contributed by atoms with van der Waals surface area (Å²) in [4.78, 5) is 12.1. The van der Waals surface area contributed by atoms with E-state index in [-0.39, 0.29) is 5.91 Å². The van der Waals surface area contributed by atoms with Crippen molar-refractivity contribution in [2.24, 2.45) is 5.73 Å². The SMILES string of the molecule is CC(C)c1cc(NC(=O)c2ccc(CCN)cc2)n[nH]1. The number of aromatic nitrogens is 2.